The van der Waals surface area contributed by atoms with E-state index in [0.29, 0.717) is 45.7 Å². The number of benzene rings is 1. The highest BCUT2D eigenvalue weighted by atomic mass is 35.5. The van der Waals surface area contributed by atoms with Crippen LogP contribution in [-0.4, -0.2) is 37.4 Å². The van der Waals surface area contributed by atoms with Crippen molar-refractivity contribution in [3.05, 3.63) is 68.4 Å². The first-order chi connectivity index (χ1) is 14.5. The Balaban J connectivity index is 1.42. The van der Waals surface area contributed by atoms with E-state index in [0.717, 1.165) is 5.56 Å². The zero-order valence-corrected chi connectivity index (χ0v) is 16.9. The summed E-state index contributed by atoms with van der Waals surface area (Å²) in [5.74, 6) is -0.0209. The number of rotatable bonds is 7. The van der Waals surface area contributed by atoms with Crippen molar-refractivity contribution in [3.63, 3.8) is 0 Å². The first-order valence-electron chi connectivity index (χ1n) is 8.82. The fourth-order valence-corrected chi connectivity index (χ4v) is 3.11. The summed E-state index contributed by atoms with van der Waals surface area (Å²) in [6.45, 7) is 0.952. The standard InChI is InChI=1S/C18H15Cl2N7O3/c19-12-2-1-10(5-13(12)20)6-22-18-25-14-8-23-27(15(14)17(29)26-18)4-3-21-16(28)11-7-24-30-9-11/h1-2,5,7-9H,3-4,6H2,(H,21,28)(H2,22,25,26,29). The minimum absolute atomic E-state index is 0.261. The van der Waals surface area contributed by atoms with E-state index in [1.54, 1.807) is 12.1 Å². The van der Waals surface area contributed by atoms with Crippen LogP contribution < -0.4 is 16.2 Å². The van der Waals surface area contributed by atoms with Crippen molar-refractivity contribution in [1.82, 2.24) is 30.2 Å². The Labute approximate surface area is 179 Å². The summed E-state index contributed by atoms with van der Waals surface area (Å²) in [7, 11) is 0. The van der Waals surface area contributed by atoms with Crippen molar-refractivity contribution in [1.29, 1.82) is 0 Å². The molecule has 154 valence electrons. The third kappa shape index (κ3) is 4.29. The van der Waals surface area contributed by atoms with Gasteiger partial charge in [-0.3, -0.25) is 19.3 Å². The Bertz CT molecular complexity index is 1250. The first kappa shape index (κ1) is 19.9. The van der Waals surface area contributed by atoms with E-state index in [-0.39, 0.29) is 18.0 Å². The lowest BCUT2D eigenvalue weighted by Gasteiger charge is -2.07. The summed E-state index contributed by atoms with van der Waals surface area (Å²) >= 11 is 11.9. The molecule has 3 N–H and O–H groups in total. The average Bonchev–Trinajstić information content (AvgIpc) is 3.39. The van der Waals surface area contributed by atoms with Gasteiger partial charge in [0.15, 0.2) is 5.52 Å². The number of aromatic nitrogens is 5. The third-order valence-electron chi connectivity index (χ3n) is 4.25. The predicted molar refractivity (Wildman–Crippen MR) is 111 cm³/mol. The molecule has 3 aromatic heterocycles. The molecule has 0 atom stereocenters. The maximum atomic E-state index is 12.5. The smallest absolute Gasteiger partial charge is 0.278 e. The van der Waals surface area contributed by atoms with Crippen LogP contribution in [0.15, 0.2) is 46.2 Å². The van der Waals surface area contributed by atoms with E-state index in [1.165, 1.54) is 23.3 Å². The molecule has 0 aliphatic heterocycles. The molecule has 0 radical (unpaired) electrons. The molecule has 12 heteroatoms. The largest absolute Gasteiger partial charge is 0.364 e. The van der Waals surface area contributed by atoms with Gasteiger partial charge in [0.2, 0.25) is 5.95 Å². The minimum atomic E-state index is -0.348. The summed E-state index contributed by atoms with van der Waals surface area (Å²) in [4.78, 5) is 31.5. The molecule has 0 bridgehead atoms. The second-order valence-electron chi connectivity index (χ2n) is 6.29. The molecule has 0 unspecified atom stereocenters. The molecule has 4 rings (SSSR count). The van der Waals surface area contributed by atoms with Crippen LogP contribution in [0.3, 0.4) is 0 Å². The second kappa shape index (κ2) is 8.56. The molecule has 30 heavy (non-hydrogen) atoms. The Morgan fingerprint density at radius 1 is 1.23 bits per heavy atom. The van der Waals surface area contributed by atoms with Crippen LogP contribution in [0.5, 0.6) is 0 Å². The zero-order valence-electron chi connectivity index (χ0n) is 15.4. The number of H-pyrrole nitrogens is 1. The highest BCUT2D eigenvalue weighted by molar-refractivity contribution is 6.42. The van der Waals surface area contributed by atoms with E-state index in [2.05, 4.69) is 35.4 Å². The van der Waals surface area contributed by atoms with Gasteiger partial charge in [-0.2, -0.15) is 5.10 Å². The van der Waals surface area contributed by atoms with Gasteiger partial charge in [0, 0.05) is 13.1 Å². The quantitative estimate of drug-likeness (QED) is 0.396. The van der Waals surface area contributed by atoms with Crippen molar-refractivity contribution in [2.45, 2.75) is 13.1 Å². The number of carbonyl (C=O) groups is 1. The monoisotopic (exact) mass is 447 g/mol. The van der Waals surface area contributed by atoms with E-state index < -0.39 is 0 Å². The fourth-order valence-electron chi connectivity index (χ4n) is 2.79. The highest BCUT2D eigenvalue weighted by Gasteiger charge is 2.12. The second-order valence-corrected chi connectivity index (χ2v) is 7.10. The van der Waals surface area contributed by atoms with Crippen molar-refractivity contribution in [2.24, 2.45) is 0 Å². The van der Waals surface area contributed by atoms with Crippen LogP contribution in [-0.2, 0) is 13.1 Å². The Hall–Kier alpha value is -3.37. The summed E-state index contributed by atoms with van der Waals surface area (Å²) in [5, 5.41) is 14.3. The van der Waals surface area contributed by atoms with Gasteiger partial charge in [0.25, 0.3) is 11.5 Å². The van der Waals surface area contributed by atoms with Crippen molar-refractivity contribution in [2.75, 3.05) is 11.9 Å². The average molecular weight is 448 g/mol. The SMILES string of the molecule is O=C(NCCn1ncc2nc(NCc3ccc(Cl)c(Cl)c3)[nH]c(=O)c21)c1cnoc1. The maximum absolute atomic E-state index is 12.5. The number of fused-ring (bicyclic) bond motifs is 1. The lowest BCUT2D eigenvalue weighted by molar-refractivity contribution is 0.0951. The van der Waals surface area contributed by atoms with E-state index in [4.69, 9.17) is 23.2 Å². The number of halogens is 2. The topological polar surface area (TPSA) is 131 Å². The molecule has 0 saturated carbocycles. The van der Waals surface area contributed by atoms with Gasteiger partial charge >= 0.3 is 0 Å². The number of aromatic amines is 1. The number of hydrogen-bond donors (Lipinski definition) is 3. The first-order valence-corrected chi connectivity index (χ1v) is 9.58. The summed E-state index contributed by atoms with van der Waals surface area (Å²) < 4.78 is 6.11. The van der Waals surface area contributed by atoms with Crippen LogP contribution in [0, 0.1) is 0 Å². The van der Waals surface area contributed by atoms with Gasteiger partial charge in [0.1, 0.15) is 11.8 Å². The lowest BCUT2D eigenvalue weighted by atomic mass is 10.2. The summed E-state index contributed by atoms with van der Waals surface area (Å²) in [5.41, 5.74) is 1.60. The molecule has 4 aromatic rings. The van der Waals surface area contributed by atoms with Gasteiger partial charge in [-0.05, 0) is 17.7 Å². The number of carbonyl (C=O) groups excluding carboxylic acids is 1. The summed E-state index contributed by atoms with van der Waals surface area (Å²) in [6.07, 6.45) is 4.07. The van der Waals surface area contributed by atoms with Crippen LogP contribution in [0.1, 0.15) is 15.9 Å². The van der Waals surface area contributed by atoms with Crippen LogP contribution >= 0.6 is 23.2 Å². The number of nitrogens with one attached hydrogen (secondary N) is 3. The van der Waals surface area contributed by atoms with E-state index >= 15 is 0 Å². The molecule has 0 aliphatic carbocycles. The van der Waals surface area contributed by atoms with Crippen molar-refractivity contribution >= 4 is 46.1 Å². The van der Waals surface area contributed by atoms with Crippen LogP contribution in [0.4, 0.5) is 5.95 Å². The Morgan fingerprint density at radius 2 is 2.10 bits per heavy atom. The van der Waals surface area contributed by atoms with Gasteiger partial charge in [-0.25, -0.2) is 4.98 Å². The molecule has 1 amide bonds. The molecule has 1 aromatic carbocycles. The lowest BCUT2D eigenvalue weighted by Crippen LogP contribution is -2.28. The molecule has 0 fully saturated rings. The zero-order chi connectivity index (χ0) is 21.1. The van der Waals surface area contributed by atoms with Crippen LogP contribution in [0.2, 0.25) is 10.0 Å². The minimum Gasteiger partial charge on any atom is -0.364 e. The Morgan fingerprint density at radius 3 is 2.87 bits per heavy atom. The van der Waals surface area contributed by atoms with E-state index in [9.17, 15) is 9.59 Å². The van der Waals surface area contributed by atoms with Crippen LogP contribution in [0.25, 0.3) is 11.0 Å². The molecular formula is C18H15Cl2N7O3. The van der Waals surface area contributed by atoms with Gasteiger partial charge in [0.05, 0.1) is 34.5 Å². The fraction of sp³-hybridized carbons (Fsp3) is 0.167. The normalized spacial score (nSPS) is 11.0. The molecule has 3 heterocycles. The number of amides is 1. The maximum Gasteiger partial charge on any atom is 0.278 e. The van der Waals surface area contributed by atoms with Gasteiger partial charge < -0.3 is 15.2 Å². The molecular weight excluding hydrogens is 433 g/mol. The predicted octanol–water partition coefficient (Wildman–Crippen LogP) is 2.46. The summed E-state index contributed by atoms with van der Waals surface area (Å²) in [6, 6.07) is 5.26. The number of nitrogens with zero attached hydrogens (tertiary/aromatic N) is 4. The number of anilines is 1. The van der Waals surface area contributed by atoms with Crippen molar-refractivity contribution in [3.8, 4) is 0 Å². The van der Waals surface area contributed by atoms with E-state index in [1.807, 2.05) is 6.07 Å². The van der Waals surface area contributed by atoms with Crippen molar-refractivity contribution < 1.29 is 9.32 Å². The number of hydrogen-bond acceptors (Lipinski definition) is 7. The highest BCUT2D eigenvalue weighted by Crippen LogP contribution is 2.22. The third-order valence-corrected chi connectivity index (χ3v) is 4.99. The van der Waals surface area contributed by atoms with Gasteiger partial charge in [-0.15, -0.1) is 0 Å². The molecule has 10 nitrogen and oxygen atoms in total. The molecule has 0 saturated heterocycles. The van der Waals surface area contributed by atoms with Gasteiger partial charge in [-0.1, -0.05) is 34.4 Å². The molecule has 0 spiro atoms. The Kier molecular flexibility index (Phi) is 5.68. The molecule has 0 aliphatic rings.